The molecule has 6 heteroatoms. The molecule has 1 aromatic heterocycles. The normalized spacial score (nSPS) is 17.7. The Morgan fingerprint density at radius 3 is 2.51 bits per heavy atom. The minimum atomic E-state index is 0.107. The number of para-hydroxylation sites is 2. The van der Waals surface area contributed by atoms with Crippen molar-refractivity contribution in [1.82, 2.24) is 19.8 Å². The Kier molecular flexibility index (Phi) is 7.67. The molecule has 0 atom stereocenters. The minimum absolute atomic E-state index is 0.107. The number of aromatic nitrogens is 2. The number of rotatable bonds is 8. The molecule has 2 fully saturated rings. The van der Waals surface area contributed by atoms with Crippen molar-refractivity contribution in [3.8, 4) is 0 Å². The molecule has 6 nitrogen and oxygen atoms in total. The first-order valence-electron chi connectivity index (χ1n) is 13.4. The van der Waals surface area contributed by atoms with E-state index in [1.807, 2.05) is 0 Å². The number of piperidine rings is 2. The summed E-state index contributed by atoms with van der Waals surface area (Å²) in [6, 6.07) is 17.0. The second-order valence-corrected chi connectivity index (χ2v) is 10.2. The number of benzene rings is 2. The number of amides is 1. The molecule has 35 heavy (non-hydrogen) atoms. The van der Waals surface area contributed by atoms with Gasteiger partial charge in [-0.15, -0.1) is 0 Å². The molecule has 0 saturated carbocycles. The van der Waals surface area contributed by atoms with E-state index in [4.69, 9.17) is 4.98 Å². The van der Waals surface area contributed by atoms with Crippen molar-refractivity contribution in [3.63, 3.8) is 0 Å². The van der Waals surface area contributed by atoms with Gasteiger partial charge < -0.3 is 19.7 Å². The van der Waals surface area contributed by atoms with Gasteiger partial charge in [0.1, 0.15) is 0 Å². The molecule has 0 spiro atoms. The summed E-state index contributed by atoms with van der Waals surface area (Å²) in [5, 5.41) is 3.21. The Labute approximate surface area is 209 Å². The highest BCUT2D eigenvalue weighted by Crippen LogP contribution is 2.28. The number of hydrogen-bond donors (Lipinski definition) is 1. The third-order valence-electron chi connectivity index (χ3n) is 7.77. The topological polar surface area (TPSA) is 53.4 Å². The van der Waals surface area contributed by atoms with E-state index >= 15 is 0 Å². The molecule has 2 aromatic carbocycles. The van der Waals surface area contributed by atoms with E-state index in [0.717, 1.165) is 63.5 Å². The molecule has 0 radical (unpaired) electrons. The second-order valence-electron chi connectivity index (χ2n) is 10.2. The van der Waals surface area contributed by atoms with E-state index in [-0.39, 0.29) is 11.8 Å². The summed E-state index contributed by atoms with van der Waals surface area (Å²) in [5.74, 6) is 1.36. The Morgan fingerprint density at radius 1 is 0.971 bits per heavy atom. The first-order valence-corrected chi connectivity index (χ1v) is 13.4. The van der Waals surface area contributed by atoms with Crippen molar-refractivity contribution in [2.45, 2.75) is 52.0 Å². The molecule has 1 N–H and O–H groups in total. The average Bonchev–Trinajstić information content (AvgIpc) is 3.27. The lowest BCUT2D eigenvalue weighted by Gasteiger charge is -2.32. The molecule has 0 bridgehead atoms. The number of hydrogen-bond acceptors (Lipinski definition) is 4. The van der Waals surface area contributed by atoms with Gasteiger partial charge >= 0.3 is 0 Å². The van der Waals surface area contributed by atoms with E-state index in [2.05, 4.69) is 75.1 Å². The van der Waals surface area contributed by atoms with Crippen molar-refractivity contribution in [1.29, 1.82) is 0 Å². The molecule has 3 aromatic rings. The number of nitrogens with one attached hydrogen (secondary N) is 1. The summed E-state index contributed by atoms with van der Waals surface area (Å²) in [6.07, 6.45) is 6.83. The zero-order chi connectivity index (χ0) is 24.0. The Balaban J connectivity index is 1.19. The number of likely N-dealkylation sites (tertiary alicyclic amines) is 1. The van der Waals surface area contributed by atoms with Gasteiger partial charge in [-0.25, -0.2) is 4.98 Å². The SMILES string of the molecule is Cc1ccccc1Cn1c(N2CCC(C(=O)NCCCN3CCCCC3)CC2)nc2ccccc21. The number of anilines is 1. The van der Waals surface area contributed by atoms with Crippen molar-refractivity contribution < 1.29 is 4.79 Å². The maximum atomic E-state index is 12.8. The predicted octanol–water partition coefficient (Wildman–Crippen LogP) is 4.60. The highest BCUT2D eigenvalue weighted by Gasteiger charge is 2.27. The molecule has 2 saturated heterocycles. The highest BCUT2D eigenvalue weighted by atomic mass is 16.1. The van der Waals surface area contributed by atoms with Gasteiger partial charge in [0, 0.05) is 25.6 Å². The first-order chi connectivity index (χ1) is 17.2. The van der Waals surface area contributed by atoms with Crippen LogP contribution in [0.25, 0.3) is 11.0 Å². The van der Waals surface area contributed by atoms with Gasteiger partial charge in [-0.1, -0.05) is 42.8 Å². The number of carbonyl (C=O) groups is 1. The monoisotopic (exact) mass is 473 g/mol. The van der Waals surface area contributed by atoms with Crippen LogP contribution in [-0.2, 0) is 11.3 Å². The number of nitrogens with zero attached hydrogens (tertiary/aromatic N) is 4. The molecule has 1 amide bonds. The zero-order valence-electron chi connectivity index (χ0n) is 21.1. The summed E-state index contributed by atoms with van der Waals surface area (Å²) in [5.41, 5.74) is 4.81. The summed E-state index contributed by atoms with van der Waals surface area (Å²) in [7, 11) is 0. The third kappa shape index (κ3) is 5.69. The van der Waals surface area contributed by atoms with Crippen LogP contribution in [-0.4, -0.2) is 59.6 Å². The summed E-state index contributed by atoms with van der Waals surface area (Å²) in [6.45, 7) is 9.05. The van der Waals surface area contributed by atoms with Crippen LogP contribution >= 0.6 is 0 Å². The van der Waals surface area contributed by atoms with Gasteiger partial charge in [-0.05, 0) is 81.9 Å². The fourth-order valence-corrected chi connectivity index (χ4v) is 5.60. The maximum Gasteiger partial charge on any atom is 0.223 e. The van der Waals surface area contributed by atoms with Gasteiger partial charge in [-0.3, -0.25) is 4.79 Å². The molecule has 0 aliphatic carbocycles. The fourth-order valence-electron chi connectivity index (χ4n) is 5.60. The van der Waals surface area contributed by atoms with Gasteiger partial charge in [-0.2, -0.15) is 0 Å². The Hall–Kier alpha value is -2.86. The molecule has 3 heterocycles. The van der Waals surface area contributed by atoms with E-state index in [1.165, 1.54) is 49.0 Å². The van der Waals surface area contributed by atoms with Crippen LogP contribution in [0.15, 0.2) is 48.5 Å². The van der Waals surface area contributed by atoms with Gasteiger partial charge in [0.25, 0.3) is 0 Å². The highest BCUT2D eigenvalue weighted by molar-refractivity contribution is 5.80. The lowest BCUT2D eigenvalue weighted by atomic mass is 9.96. The molecule has 2 aliphatic heterocycles. The third-order valence-corrected chi connectivity index (χ3v) is 7.77. The van der Waals surface area contributed by atoms with Crippen LogP contribution in [0.4, 0.5) is 5.95 Å². The Bertz CT molecular complexity index is 1130. The standard InChI is InChI=1S/C29H39N5O/c1-23-10-3-4-11-25(23)22-34-27-13-6-5-12-26(27)31-29(34)33-20-14-24(15-21-33)28(35)30-16-9-19-32-17-7-2-8-18-32/h3-6,10-13,24H,2,7-9,14-22H2,1H3,(H,30,35). The quantitative estimate of drug-likeness (QED) is 0.486. The fraction of sp³-hybridized carbons (Fsp3) is 0.517. The molecule has 186 valence electrons. The van der Waals surface area contributed by atoms with Crippen LogP contribution in [0.3, 0.4) is 0 Å². The van der Waals surface area contributed by atoms with Crippen molar-refractivity contribution in [2.24, 2.45) is 5.92 Å². The first kappa shape index (κ1) is 23.9. The van der Waals surface area contributed by atoms with Crippen LogP contribution in [0, 0.1) is 12.8 Å². The van der Waals surface area contributed by atoms with E-state index in [1.54, 1.807) is 0 Å². The average molecular weight is 474 g/mol. The Morgan fingerprint density at radius 2 is 1.71 bits per heavy atom. The van der Waals surface area contributed by atoms with Crippen LogP contribution in [0.5, 0.6) is 0 Å². The maximum absolute atomic E-state index is 12.8. The summed E-state index contributed by atoms with van der Waals surface area (Å²) >= 11 is 0. The number of imidazole rings is 1. The largest absolute Gasteiger partial charge is 0.356 e. The van der Waals surface area contributed by atoms with Gasteiger partial charge in [0.05, 0.1) is 17.6 Å². The van der Waals surface area contributed by atoms with Gasteiger partial charge in [0.2, 0.25) is 11.9 Å². The lowest BCUT2D eigenvalue weighted by Crippen LogP contribution is -2.42. The summed E-state index contributed by atoms with van der Waals surface area (Å²) in [4.78, 5) is 22.7. The van der Waals surface area contributed by atoms with Crippen molar-refractivity contribution >= 4 is 22.9 Å². The summed E-state index contributed by atoms with van der Waals surface area (Å²) < 4.78 is 2.35. The predicted molar refractivity (Wildman–Crippen MR) is 143 cm³/mol. The molecular weight excluding hydrogens is 434 g/mol. The molecule has 2 aliphatic rings. The smallest absolute Gasteiger partial charge is 0.223 e. The van der Waals surface area contributed by atoms with Crippen LogP contribution < -0.4 is 10.2 Å². The van der Waals surface area contributed by atoms with Crippen LogP contribution in [0.2, 0.25) is 0 Å². The van der Waals surface area contributed by atoms with E-state index < -0.39 is 0 Å². The lowest BCUT2D eigenvalue weighted by molar-refractivity contribution is -0.125. The molecule has 0 unspecified atom stereocenters. The number of carbonyl (C=O) groups excluding carboxylic acids is 1. The van der Waals surface area contributed by atoms with Crippen molar-refractivity contribution in [3.05, 3.63) is 59.7 Å². The number of fused-ring (bicyclic) bond motifs is 1. The molecule has 5 rings (SSSR count). The number of aryl methyl sites for hydroxylation is 1. The van der Waals surface area contributed by atoms with Gasteiger partial charge in [0.15, 0.2) is 0 Å². The van der Waals surface area contributed by atoms with E-state index in [0.29, 0.717) is 0 Å². The second kappa shape index (κ2) is 11.3. The van der Waals surface area contributed by atoms with E-state index in [9.17, 15) is 4.79 Å². The zero-order valence-corrected chi connectivity index (χ0v) is 21.1. The minimum Gasteiger partial charge on any atom is -0.356 e. The van der Waals surface area contributed by atoms with Crippen LogP contribution in [0.1, 0.15) is 49.7 Å². The molecular formula is C29H39N5O. The van der Waals surface area contributed by atoms with Crippen molar-refractivity contribution in [2.75, 3.05) is 44.2 Å².